The molecule has 0 spiro atoms. The molecule has 0 unspecified atom stereocenters. The summed E-state index contributed by atoms with van der Waals surface area (Å²) in [6.07, 6.45) is 0. The largest absolute Gasteiger partial charge is 1.00 e. The third kappa shape index (κ3) is 14.2. The zero-order valence-electron chi connectivity index (χ0n) is 28.6. The Kier molecular flexibility index (Phi) is 17.9. The van der Waals surface area contributed by atoms with Crippen LogP contribution < -0.4 is 50.6 Å². The average molecular weight is 819 g/mol. The molecule has 54 heavy (non-hydrogen) atoms. The van der Waals surface area contributed by atoms with Gasteiger partial charge in [-0.1, -0.05) is 36.4 Å². The maximum Gasteiger partial charge on any atom is 1.00 e. The van der Waals surface area contributed by atoms with Gasteiger partial charge in [0.25, 0.3) is 11.8 Å². The van der Waals surface area contributed by atoms with Crippen molar-refractivity contribution in [2.24, 2.45) is 20.5 Å². The quantitative estimate of drug-likeness (QED) is 0.0283. The number of nitrogens with zero attached hydrogens (tertiary/aromatic N) is 2. The van der Waals surface area contributed by atoms with Gasteiger partial charge < -0.3 is 20.8 Å². The van der Waals surface area contributed by atoms with E-state index in [9.17, 15) is 46.2 Å². The van der Waals surface area contributed by atoms with Crippen LogP contribution in [-0.2, 0) is 56.0 Å². The van der Waals surface area contributed by atoms with Crippen LogP contribution in [0.15, 0.2) is 117 Å². The number of ketones is 2. The summed E-state index contributed by atoms with van der Waals surface area (Å²) in [6, 6.07) is 23.3. The van der Waals surface area contributed by atoms with E-state index in [4.69, 9.17) is 10.3 Å². The molecule has 0 atom stereocenters. The maximum absolute atomic E-state index is 12.2. The SMILES string of the molecule is CC(=O)/C(=N\Nc1cc(S(N)(=O)=O)ccc1O)C(=O)Nc1ccccc1.CC(=O)/C(=N\Nc1cc(S(N)(=O)=O)ccc1O)C(=O)Nc1ccccc1.[Co].[Li+]. The molecule has 0 aliphatic carbocycles. The Morgan fingerprint density at radius 3 is 1.17 bits per heavy atom. The Hall–Kier alpha value is -5.38. The van der Waals surface area contributed by atoms with Gasteiger partial charge in [-0.25, -0.2) is 27.1 Å². The van der Waals surface area contributed by atoms with Gasteiger partial charge >= 0.3 is 18.9 Å². The van der Waals surface area contributed by atoms with Crippen LogP contribution in [0.25, 0.3) is 0 Å². The molecule has 18 nitrogen and oxygen atoms in total. The molecule has 10 N–H and O–H groups in total. The third-order valence-corrected chi connectivity index (χ3v) is 8.15. The topological polar surface area (TPSA) is 302 Å². The second kappa shape index (κ2) is 20.8. The van der Waals surface area contributed by atoms with Gasteiger partial charge in [0, 0.05) is 42.0 Å². The number of carbonyl (C=O) groups is 4. The molecule has 0 saturated heterocycles. The van der Waals surface area contributed by atoms with Crippen molar-refractivity contribution in [1.82, 2.24) is 0 Å². The number of hydrogen-bond acceptors (Lipinski definition) is 14. The second-order valence-corrected chi connectivity index (χ2v) is 13.5. The van der Waals surface area contributed by atoms with Crippen molar-refractivity contribution in [3.05, 3.63) is 97.1 Å². The minimum Gasteiger partial charge on any atom is -0.506 e. The zero-order valence-corrected chi connectivity index (χ0v) is 31.3. The number of phenols is 2. The van der Waals surface area contributed by atoms with Gasteiger partial charge in [-0.15, -0.1) is 0 Å². The van der Waals surface area contributed by atoms with Gasteiger partial charge in [-0.2, -0.15) is 10.2 Å². The van der Waals surface area contributed by atoms with Crippen LogP contribution in [0, 0.1) is 0 Å². The molecule has 0 aliphatic heterocycles. The first-order valence-electron chi connectivity index (χ1n) is 14.5. The van der Waals surface area contributed by atoms with Crippen molar-refractivity contribution >= 4 is 77.6 Å². The van der Waals surface area contributed by atoms with Gasteiger partial charge in [0.15, 0.2) is 23.0 Å². The summed E-state index contributed by atoms with van der Waals surface area (Å²) in [6.45, 7) is 2.29. The number of primary sulfonamides is 2. The number of rotatable bonds is 12. The number of carbonyl (C=O) groups excluding carboxylic acids is 4. The summed E-state index contributed by atoms with van der Waals surface area (Å²) in [4.78, 5) is 47.3. The molecule has 4 aromatic rings. The van der Waals surface area contributed by atoms with Gasteiger partial charge in [-0.05, 0) is 60.7 Å². The standard InChI is InChI=1S/2C16H16N4O5S.Co.Li/c2*1-10(21)15(16(23)18-11-5-3-2-4-6-11)20-19-13-9-12(26(17,24)25)7-8-14(13)22;;/h2*2-9,19,22H,1H3,(H,18,23)(H2,17,24,25);;/q;;;+1/b2*20-15+;;. The van der Waals surface area contributed by atoms with Crippen LogP contribution >= 0.6 is 0 Å². The Morgan fingerprint density at radius 2 is 0.889 bits per heavy atom. The number of benzene rings is 4. The number of phenolic OH excluding ortho intramolecular Hbond substituents is 2. The van der Waals surface area contributed by atoms with Gasteiger partial charge in [0.05, 0.1) is 21.2 Å². The van der Waals surface area contributed by atoms with Crippen LogP contribution in [0.3, 0.4) is 0 Å². The summed E-state index contributed by atoms with van der Waals surface area (Å²) in [5.41, 5.74) is 4.35. The summed E-state index contributed by atoms with van der Waals surface area (Å²) < 4.78 is 45.5. The van der Waals surface area contributed by atoms with E-state index in [1.807, 2.05) is 0 Å². The van der Waals surface area contributed by atoms with Crippen LogP contribution in [-0.4, -0.2) is 61.9 Å². The number of sulfonamides is 2. The average Bonchev–Trinajstić information content (AvgIpc) is 3.06. The smallest absolute Gasteiger partial charge is 0.506 e. The molecule has 281 valence electrons. The third-order valence-electron chi connectivity index (χ3n) is 6.33. The molecule has 0 aromatic heterocycles. The number of Topliss-reactive ketones (excluding diaryl/α,β-unsaturated/α-hetero) is 2. The van der Waals surface area contributed by atoms with E-state index in [1.165, 1.54) is 0 Å². The van der Waals surface area contributed by atoms with Crippen molar-refractivity contribution in [2.45, 2.75) is 23.6 Å². The predicted molar refractivity (Wildman–Crippen MR) is 193 cm³/mol. The number of nitrogens with one attached hydrogen (secondary N) is 4. The van der Waals surface area contributed by atoms with Crippen LogP contribution in [0.2, 0.25) is 0 Å². The first kappa shape index (κ1) is 46.6. The van der Waals surface area contributed by atoms with Crippen molar-refractivity contribution in [3.63, 3.8) is 0 Å². The number of aromatic hydroxyl groups is 2. The normalized spacial score (nSPS) is 11.3. The van der Waals surface area contributed by atoms with Gasteiger partial charge in [-0.3, -0.25) is 30.0 Å². The molecule has 22 heteroatoms. The fourth-order valence-electron chi connectivity index (χ4n) is 3.80. The molecule has 4 aromatic carbocycles. The zero-order chi connectivity index (χ0) is 38.6. The maximum atomic E-state index is 12.2. The van der Waals surface area contributed by atoms with E-state index in [0.29, 0.717) is 11.4 Å². The minimum absolute atomic E-state index is 0. The molecule has 0 saturated carbocycles. The van der Waals surface area contributed by atoms with Crippen molar-refractivity contribution in [3.8, 4) is 11.5 Å². The van der Waals surface area contributed by atoms with E-state index in [-0.39, 0.29) is 68.3 Å². The summed E-state index contributed by atoms with van der Waals surface area (Å²) in [5, 5.41) is 42.0. The van der Waals surface area contributed by atoms with Crippen LogP contribution in [0.1, 0.15) is 13.8 Å². The van der Waals surface area contributed by atoms with E-state index < -0.39 is 54.9 Å². The second-order valence-electron chi connectivity index (χ2n) is 10.3. The molecule has 1 radical (unpaired) electrons. The van der Waals surface area contributed by atoms with E-state index in [0.717, 1.165) is 50.2 Å². The number of amides is 2. The Labute approximate surface area is 332 Å². The fraction of sp³-hybridized carbons (Fsp3) is 0.0625. The summed E-state index contributed by atoms with van der Waals surface area (Å²) >= 11 is 0. The first-order chi connectivity index (χ1) is 24.4. The number of nitrogens with two attached hydrogens (primary N) is 2. The number of para-hydroxylation sites is 2. The Morgan fingerprint density at radius 1 is 0.574 bits per heavy atom. The molecular formula is C32H32CoLiN8O10S2+. The Bertz CT molecular complexity index is 2120. The van der Waals surface area contributed by atoms with Crippen LogP contribution in [0.4, 0.5) is 22.7 Å². The number of hydrogen-bond donors (Lipinski definition) is 8. The van der Waals surface area contributed by atoms with Crippen LogP contribution in [0.5, 0.6) is 11.5 Å². The van der Waals surface area contributed by atoms with Gasteiger partial charge in [0.2, 0.25) is 20.0 Å². The minimum atomic E-state index is -4.00. The molecule has 0 fully saturated rings. The molecule has 2 amide bonds. The van der Waals surface area contributed by atoms with E-state index >= 15 is 0 Å². The van der Waals surface area contributed by atoms with Crippen molar-refractivity contribution < 1.29 is 81.9 Å². The van der Waals surface area contributed by atoms with Crippen molar-refractivity contribution in [2.75, 3.05) is 21.5 Å². The monoisotopic (exact) mass is 818 g/mol. The fourth-order valence-corrected chi connectivity index (χ4v) is 4.88. The number of anilines is 4. The van der Waals surface area contributed by atoms with Gasteiger partial charge in [0.1, 0.15) is 11.5 Å². The molecular weight excluding hydrogens is 786 g/mol. The first-order valence-corrected chi connectivity index (χ1v) is 17.6. The molecule has 4 rings (SSSR count). The predicted octanol–water partition coefficient (Wildman–Crippen LogP) is -0.928. The molecule has 0 bridgehead atoms. The molecule has 0 heterocycles. The summed E-state index contributed by atoms with van der Waals surface area (Å²) in [7, 11) is -8.00. The molecule has 0 aliphatic rings. The summed E-state index contributed by atoms with van der Waals surface area (Å²) in [5.74, 6) is -3.47. The van der Waals surface area contributed by atoms with Crippen molar-refractivity contribution in [1.29, 1.82) is 0 Å². The van der Waals surface area contributed by atoms with E-state index in [2.05, 4.69) is 31.7 Å². The van der Waals surface area contributed by atoms with E-state index in [1.54, 1.807) is 60.7 Å². The Balaban J connectivity index is 0.000000521. The number of hydrazone groups is 2.